The summed E-state index contributed by atoms with van der Waals surface area (Å²) in [5.74, 6) is 0.731. The molecule has 1 aromatic heterocycles. The van der Waals surface area contributed by atoms with Gasteiger partial charge in [0.15, 0.2) is 11.5 Å². The lowest BCUT2D eigenvalue weighted by Crippen LogP contribution is -2.40. The molecule has 2 aliphatic heterocycles. The van der Waals surface area contributed by atoms with Gasteiger partial charge in [-0.15, -0.1) is 0 Å². The van der Waals surface area contributed by atoms with Gasteiger partial charge in [0.1, 0.15) is 11.1 Å². The van der Waals surface area contributed by atoms with E-state index in [0.717, 1.165) is 29.5 Å². The second-order valence-corrected chi connectivity index (χ2v) is 8.58. The van der Waals surface area contributed by atoms with E-state index in [2.05, 4.69) is 5.32 Å². The molecule has 1 fully saturated rings. The Balaban J connectivity index is 1.37. The van der Waals surface area contributed by atoms with Crippen molar-refractivity contribution in [2.24, 2.45) is 0 Å². The number of urea groups is 1. The van der Waals surface area contributed by atoms with Crippen LogP contribution in [-0.2, 0) is 29.7 Å². The van der Waals surface area contributed by atoms with Gasteiger partial charge in [0, 0.05) is 11.5 Å². The van der Waals surface area contributed by atoms with Crippen molar-refractivity contribution in [2.75, 3.05) is 6.79 Å². The number of carbonyl (C=O) groups is 2. The van der Waals surface area contributed by atoms with E-state index in [-0.39, 0.29) is 13.3 Å². The van der Waals surface area contributed by atoms with Crippen LogP contribution in [0.3, 0.4) is 0 Å². The van der Waals surface area contributed by atoms with Crippen molar-refractivity contribution in [3.05, 3.63) is 69.1 Å². The Morgan fingerprint density at radius 1 is 1.00 bits per heavy atom. The number of rotatable bonds is 3. The fourth-order valence-electron chi connectivity index (χ4n) is 4.84. The molecule has 32 heavy (non-hydrogen) atoms. The number of hydrogen-bond acceptors (Lipinski definition) is 6. The van der Waals surface area contributed by atoms with Crippen LogP contribution < -0.4 is 20.4 Å². The van der Waals surface area contributed by atoms with Gasteiger partial charge < -0.3 is 19.2 Å². The van der Waals surface area contributed by atoms with Gasteiger partial charge in [-0.05, 0) is 72.7 Å². The summed E-state index contributed by atoms with van der Waals surface area (Å²) in [5, 5.41) is 3.55. The molecule has 1 atom stereocenters. The van der Waals surface area contributed by atoms with Gasteiger partial charge in [-0.3, -0.25) is 9.69 Å². The standard InChI is InChI=1S/C24H20N2O6/c1-24(16-5-6-18-20(10-16)31-12-30-18)22(28)26(23(29)25-24)11-15-9-21(27)32-19-8-14-4-2-3-13(14)7-17(15)19/h5-10H,2-4,11-12H2,1H3,(H,25,29)/t24-/m1/s1. The topological polar surface area (TPSA) is 98.1 Å². The largest absolute Gasteiger partial charge is 0.454 e. The molecule has 3 aliphatic rings. The first-order valence-electron chi connectivity index (χ1n) is 10.6. The smallest absolute Gasteiger partial charge is 0.336 e. The highest BCUT2D eigenvalue weighted by molar-refractivity contribution is 6.07. The second kappa shape index (κ2) is 6.59. The van der Waals surface area contributed by atoms with Crippen LogP contribution in [0.1, 0.15) is 35.6 Å². The van der Waals surface area contributed by atoms with Crippen molar-refractivity contribution in [1.29, 1.82) is 0 Å². The lowest BCUT2D eigenvalue weighted by molar-refractivity contribution is -0.131. The molecule has 0 spiro atoms. The summed E-state index contributed by atoms with van der Waals surface area (Å²) in [4.78, 5) is 39.6. The van der Waals surface area contributed by atoms with E-state index in [9.17, 15) is 14.4 Å². The van der Waals surface area contributed by atoms with Gasteiger partial charge >= 0.3 is 11.7 Å². The summed E-state index contributed by atoms with van der Waals surface area (Å²) in [6.07, 6.45) is 2.99. The molecule has 1 aliphatic carbocycles. The van der Waals surface area contributed by atoms with Crippen molar-refractivity contribution >= 4 is 22.9 Å². The Hall–Kier alpha value is -3.81. The zero-order chi connectivity index (χ0) is 22.0. The molecule has 8 heteroatoms. The van der Waals surface area contributed by atoms with Crippen molar-refractivity contribution in [1.82, 2.24) is 10.2 Å². The Kier molecular flexibility index (Phi) is 3.90. The first kappa shape index (κ1) is 18.9. The summed E-state index contributed by atoms with van der Waals surface area (Å²) < 4.78 is 16.2. The number of carbonyl (C=O) groups excluding carboxylic acids is 2. The molecule has 6 rings (SSSR count). The molecule has 1 N–H and O–H groups in total. The van der Waals surface area contributed by atoms with Crippen molar-refractivity contribution in [3.63, 3.8) is 0 Å². The van der Waals surface area contributed by atoms with Gasteiger partial charge in [-0.2, -0.15) is 0 Å². The highest BCUT2D eigenvalue weighted by Gasteiger charge is 2.49. The molecule has 8 nitrogen and oxygen atoms in total. The molecular weight excluding hydrogens is 412 g/mol. The van der Waals surface area contributed by atoms with Gasteiger partial charge in [0.25, 0.3) is 5.91 Å². The number of nitrogens with one attached hydrogen (secondary N) is 1. The van der Waals surface area contributed by atoms with E-state index in [4.69, 9.17) is 13.9 Å². The van der Waals surface area contributed by atoms with Crippen LogP contribution in [-0.4, -0.2) is 23.6 Å². The quantitative estimate of drug-likeness (QED) is 0.505. The number of nitrogens with zero attached hydrogens (tertiary/aromatic N) is 1. The summed E-state index contributed by atoms with van der Waals surface area (Å²) in [6.45, 7) is 1.76. The number of fused-ring (bicyclic) bond motifs is 3. The van der Waals surface area contributed by atoms with E-state index < -0.39 is 23.1 Å². The molecule has 162 valence electrons. The third kappa shape index (κ3) is 2.72. The van der Waals surface area contributed by atoms with Crippen LogP contribution in [0.25, 0.3) is 11.0 Å². The minimum Gasteiger partial charge on any atom is -0.454 e. The molecule has 3 heterocycles. The maximum Gasteiger partial charge on any atom is 0.336 e. The summed E-state index contributed by atoms with van der Waals surface area (Å²) in [5.41, 5.74) is 2.31. The van der Waals surface area contributed by atoms with E-state index in [1.807, 2.05) is 12.1 Å². The zero-order valence-corrected chi connectivity index (χ0v) is 17.4. The maximum absolute atomic E-state index is 13.4. The van der Waals surface area contributed by atoms with Crippen LogP contribution >= 0.6 is 0 Å². The third-order valence-corrected chi connectivity index (χ3v) is 6.60. The Labute approximate surface area is 182 Å². The fourth-order valence-corrected chi connectivity index (χ4v) is 4.84. The summed E-state index contributed by atoms with van der Waals surface area (Å²) >= 11 is 0. The molecule has 0 bridgehead atoms. The average molecular weight is 432 g/mol. The summed E-state index contributed by atoms with van der Waals surface area (Å²) in [7, 11) is 0. The average Bonchev–Trinajstić information content (AvgIpc) is 3.47. The molecule has 3 aromatic rings. The van der Waals surface area contributed by atoms with Crippen LogP contribution in [0.5, 0.6) is 11.5 Å². The maximum atomic E-state index is 13.4. The molecule has 0 radical (unpaired) electrons. The predicted molar refractivity (Wildman–Crippen MR) is 114 cm³/mol. The Morgan fingerprint density at radius 3 is 2.62 bits per heavy atom. The molecular formula is C24H20N2O6. The molecule has 0 unspecified atom stereocenters. The SMILES string of the molecule is C[C@]1(c2ccc3c(c2)OCO3)NC(=O)N(Cc2cc(=O)oc3cc4c(cc23)CCC4)C1=O. The van der Waals surface area contributed by atoms with E-state index in [1.165, 1.54) is 17.2 Å². The van der Waals surface area contributed by atoms with Crippen LogP contribution in [0.15, 0.2) is 45.6 Å². The van der Waals surface area contributed by atoms with Crippen LogP contribution in [0.4, 0.5) is 4.79 Å². The number of imide groups is 1. The number of benzene rings is 2. The molecule has 3 amide bonds. The lowest BCUT2D eigenvalue weighted by atomic mass is 9.91. The monoisotopic (exact) mass is 432 g/mol. The van der Waals surface area contributed by atoms with Gasteiger partial charge in [0.05, 0.1) is 6.54 Å². The molecule has 2 aromatic carbocycles. The van der Waals surface area contributed by atoms with Gasteiger partial charge in [-0.25, -0.2) is 9.59 Å². The van der Waals surface area contributed by atoms with Gasteiger partial charge in [0.2, 0.25) is 6.79 Å². The first-order chi connectivity index (χ1) is 15.4. The number of ether oxygens (including phenoxy) is 2. The lowest BCUT2D eigenvalue weighted by Gasteiger charge is -2.22. The Bertz CT molecular complexity index is 1380. The fraction of sp³-hybridized carbons (Fsp3) is 0.292. The summed E-state index contributed by atoms with van der Waals surface area (Å²) in [6, 6.07) is 9.95. The van der Waals surface area contributed by atoms with Crippen LogP contribution in [0, 0.1) is 0 Å². The van der Waals surface area contributed by atoms with E-state index in [0.29, 0.717) is 28.2 Å². The van der Waals surface area contributed by atoms with E-state index >= 15 is 0 Å². The minimum atomic E-state index is -1.26. The van der Waals surface area contributed by atoms with Crippen molar-refractivity contribution < 1.29 is 23.5 Å². The number of hydrogen-bond donors (Lipinski definition) is 1. The van der Waals surface area contributed by atoms with Gasteiger partial charge in [-0.1, -0.05) is 6.07 Å². The van der Waals surface area contributed by atoms with Crippen molar-refractivity contribution in [2.45, 2.75) is 38.3 Å². The third-order valence-electron chi connectivity index (χ3n) is 6.60. The minimum absolute atomic E-state index is 0.0221. The second-order valence-electron chi connectivity index (χ2n) is 8.58. The Morgan fingerprint density at radius 2 is 1.78 bits per heavy atom. The molecule has 1 saturated heterocycles. The zero-order valence-electron chi connectivity index (χ0n) is 17.4. The van der Waals surface area contributed by atoms with Crippen molar-refractivity contribution in [3.8, 4) is 11.5 Å². The first-order valence-corrected chi connectivity index (χ1v) is 10.6. The normalized spacial score (nSPS) is 21.3. The molecule has 0 saturated carbocycles. The predicted octanol–water partition coefficient (Wildman–Crippen LogP) is 2.98. The number of aryl methyl sites for hydroxylation is 2. The van der Waals surface area contributed by atoms with E-state index in [1.54, 1.807) is 25.1 Å². The number of amides is 3. The highest BCUT2D eigenvalue weighted by Crippen LogP contribution is 2.38. The highest BCUT2D eigenvalue weighted by atomic mass is 16.7. The van der Waals surface area contributed by atoms with Crippen LogP contribution in [0.2, 0.25) is 0 Å².